The second-order valence-electron chi connectivity index (χ2n) is 7.35. The Balaban J connectivity index is 1.79. The molecule has 0 radical (unpaired) electrons. The summed E-state index contributed by atoms with van der Waals surface area (Å²) in [7, 11) is -2.38. The van der Waals surface area contributed by atoms with Crippen LogP contribution in [0.5, 0.6) is 5.75 Å². The molecule has 1 heterocycles. The number of anilines is 1. The molecule has 0 bridgehead atoms. The predicted octanol–water partition coefficient (Wildman–Crippen LogP) is 3.76. The molecule has 3 aromatic carbocycles. The summed E-state index contributed by atoms with van der Waals surface area (Å²) in [5.41, 5.74) is 2.93. The van der Waals surface area contributed by atoms with E-state index in [1.807, 2.05) is 48.5 Å². The smallest absolute Gasteiger partial charge is 0.259 e. The molecular formula is C24H22N4O4S. The molecule has 0 aliphatic heterocycles. The van der Waals surface area contributed by atoms with Gasteiger partial charge in [-0.2, -0.15) is 5.10 Å². The number of para-hydroxylation sites is 2. The van der Waals surface area contributed by atoms with Gasteiger partial charge in [0, 0.05) is 17.4 Å². The number of sulfonamides is 1. The maximum atomic E-state index is 13.3. The molecule has 0 atom stereocenters. The number of nitrogens with two attached hydrogens (primary N) is 1. The van der Waals surface area contributed by atoms with Gasteiger partial charge in [-0.1, -0.05) is 36.4 Å². The molecule has 4 rings (SSSR count). The lowest BCUT2D eigenvalue weighted by molar-refractivity contribution is 0.102. The van der Waals surface area contributed by atoms with E-state index in [4.69, 9.17) is 9.88 Å². The van der Waals surface area contributed by atoms with Gasteiger partial charge in [0.2, 0.25) is 10.0 Å². The standard InChI is InChI=1S/C24H22N4O4S/c1-16-12-13-17(14-22(16)33(25,30)31)26-24(29)20-15-28(18-8-4-3-5-9-18)27-23(20)19-10-6-7-11-21(19)32-2/h3-15H,1-2H3,(H,26,29)(H2,25,30,31). The number of methoxy groups -OCH3 is 1. The topological polar surface area (TPSA) is 116 Å². The molecule has 3 N–H and O–H groups in total. The molecule has 8 nitrogen and oxygen atoms in total. The first kappa shape index (κ1) is 22.3. The second kappa shape index (κ2) is 8.89. The normalized spacial score (nSPS) is 11.2. The molecule has 0 aliphatic rings. The van der Waals surface area contributed by atoms with E-state index in [-0.39, 0.29) is 4.90 Å². The highest BCUT2D eigenvalue weighted by atomic mass is 32.2. The van der Waals surface area contributed by atoms with Crippen molar-refractivity contribution >= 4 is 21.6 Å². The number of hydrogen-bond donors (Lipinski definition) is 2. The summed E-state index contributed by atoms with van der Waals surface area (Å²) >= 11 is 0. The first-order chi connectivity index (χ1) is 15.8. The molecule has 1 amide bonds. The lowest BCUT2D eigenvalue weighted by Gasteiger charge is -2.10. The zero-order chi connectivity index (χ0) is 23.6. The zero-order valence-electron chi connectivity index (χ0n) is 18.0. The summed E-state index contributed by atoms with van der Waals surface area (Å²) in [4.78, 5) is 13.3. The summed E-state index contributed by atoms with van der Waals surface area (Å²) in [6, 6.07) is 21.2. The minimum absolute atomic E-state index is 0.0507. The minimum atomic E-state index is -3.93. The highest BCUT2D eigenvalue weighted by Crippen LogP contribution is 2.32. The third-order valence-electron chi connectivity index (χ3n) is 5.09. The van der Waals surface area contributed by atoms with E-state index < -0.39 is 15.9 Å². The van der Waals surface area contributed by atoms with E-state index in [0.717, 1.165) is 5.69 Å². The van der Waals surface area contributed by atoms with Crippen molar-refractivity contribution in [3.8, 4) is 22.7 Å². The van der Waals surface area contributed by atoms with E-state index in [9.17, 15) is 13.2 Å². The SMILES string of the molecule is COc1ccccc1-c1nn(-c2ccccc2)cc1C(=O)Nc1ccc(C)c(S(N)(=O)=O)c1. The van der Waals surface area contributed by atoms with Crippen LogP contribution >= 0.6 is 0 Å². The molecular weight excluding hydrogens is 440 g/mol. The fourth-order valence-electron chi connectivity index (χ4n) is 3.48. The van der Waals surface area contributed by atoms with Crippen LogP contribution in [0.1, 0.15) is 15.9 Å². The number of aryl methyl sites for hydroxylation is 1. The highest BCUT2D eigenvalue weighted by Gasteiger charge is 2.22. The molecule has 168 valence electrons. The summed E-state index contributed by atoms with van der Waals surface area (Å²) < 4.78 is 30.8. The van der Waals surface area contributed by atoms with Crippen molar-refractivity contribution in [3.05, 3.63) is 90.1 Å². The van der Waals surface area contributed by atoms with Crippen LogP contribution in [-0.4, -0.2) is 31.2 Å². The number of nitrogens with zero attached hydrogens (tertiary/aromatic N) is 2. The van der Waals surface area contributed by atoms with Crippen molar-refractivity contribution < 1.29 is 17.9 Å². The van der Waals surface area contributed by atoms with Crippen LogP contribution in [0.3, 0.4) is 0 Å². The van der Waals surface area contributed by atoms with Gasteiger partial charge in [-0.25, -0.2) is 18.2 Å². The van der Waals surface area contributed by atoms with E-state index in [1.54, 1.807) is 43.1 Å². The summed E-state index contributed by atoms with van der Waals surface area (Å²) in [5.74, 6) is 0.110. The quantitative estimate of drug-likeness (QED) is 0.453. The molecule has 4 aromatic rings. The van der Waals surface area contributed by atoms with Gasteiger partial charge in [0.25, 0.3) is 5.91 Å². The van der Waals surface area contributed by atoms with E-state index in [1.165, 1.54) is 6.07 Å². The Bertz CT molecular complexity index is 1430. The van der Waals surface area contributed by atoms with E-state index in [0.29, 0.717) is 33.8 Å². The summed E-state index contributed by atoms with van der Waals surface area (Å²) in [5, 5.41) is 12.7. The molecule has 0 fully saturated rings. The number of aromatic nitrogens is 2. The predicted molar refractivity (Wildman–Crippen MR) is 126 cm³/mol. The molecule has 0 saturated carbocycles. The Labute approximate surface area is 191 Å². The largest absolute Gasteiger partial charge is 0.496 e. The molecule has 0 spiro atoms. The lowest BCUT2D eigenvalue weighted by atomic mass is 10.1. The maximum absolute atomic E-state index is 13.3. The van der Waals surface area contributed by atoms with Gasteiger partial charge in [-0.05, 0) is 48.9 Å². The van der Waals surface area contributed by atoms with E-state index in [2.05, 4.69) is 10.4 Å². The van der Waals surface area contributed by atoms with Crippen molar-refractivity contribution in [2.45, 2.75) is 11.8 Å². The van der Waals surface area contributed by atoms with Crippen molar-refractivity contribution in [3.63, 3.8) is 0 Å². The molecule has 0 saturated heterocycles. The van der Waals surface area contributed by atoms with E-state index >= 15 is 0 Å². The first-order valence-corrected chi connectivity index (χ1v) is 11.6. The number of hydrogen-bond acceptors (Lipinski definition) is 5. The zero-order valence-corrected chi connectivity index (χ0v) is 18.8. The number of ether oxygens (including phenoxy) is 1. The number of nitrogens with one attached hydrogen (secondary N) is 1. The van der Waals surface area contributed by atoms with Crippen molar-refractivity contribution in [2.75, 3.05) is 12.4 Å². The van der Waals surface area contributed by atoms with Crippen molar-refractivity contribution in [1.82, 2.24) is 9.78 Å². The van der Waals surface area contributed by atoms with Crippen LogP contribution in [0.25, 0.3) is 16.9 Å². The van der Waals surface area contributed by atoms with Crippen LogP contribution in [0.4, 0.5) is 5.69 Å². The Kier molecular flexibility index (Phi) is 5.99. The van der Waals surface area contributed by atoms with Gasteiger partial charge >= 0.3 is 0 Å². The van der Waals surface area contributed by atoms with Gasteiger partial charge in [0.15, 0.2) is 0 Å². The fraction of sp³-hybridized carbons (Fsp3) is 0.0833. The molecule has 1 aromatic heterocycles. The summed E-state index contributed by atoms with van der Waals surface area (Å²) in [6.45, 7) is 1.63. The summed E-state index contributed by atoms with van der Waals surface area (Å²) in [6.07, 6.45) is 1.63. The Morgan fingerprint density at radius 2 is 1.73 bits per heavy atom. The third kappa shape index (κ3) is 4.64. The average Bonchev–Trinajstić information content (AvgIpc) is 3.25. The molecule has 33 heavy (non-hydrogen) atoms. The third-order valence-corrected chi connectivity index (χ3v) is 6.15. The van der Waals surface area contributed by atoms with Crippen LogP contribution in [0, 0.1) is 6.92 Å². The van der Waals surface area contributed by atoms with Crippen LogP contribution < -0.4 is 15.2 Å². The maximum Gasteiger partial charge on any atom is 0.259 e. The van der Waals surface area contributed by atoms with Crippen molar-refractivity contribution in [1.29, 1.82) is 0 Å². The van der Waals surface area contributed by atoms with Crippen LogP contribution in [-0.2, 0) is 10.0 Å². The first-order valence-electron chi connectivity index (χ1n) is 10.0. The number of primary sulfonamides is 1. The average molecular weight is 463 g/mol. The van der Waals surface area contributed by atoms with Gasteiger partial charge in [0.05, 0.1) is 23.3 Å². The number of carbonyl (C=O) groups is 1. The molecule has 0 unspecified atom stereocenters. The Morgan fingerprint density at radius 1 is 1.03 bits per heavy atom. The van der Waals surface area contributed by atoms with Gasteiger partial charge in [-0.3, -0.25) is 4.79 Å². The lowest BCUT2D eigenvalue weighted by Crippen LogP contribution is -2.16. The van der Waals surface area contributed by atoms with Crippen LogP contribution in [0.2, 0.25) is 0 Å². The minimum Gasteiger partial charge on any atom is -0.496 e. The van der Waals surface area contributed by atoms with Gasteiger partial charge < -0.3 is 10.1 Å². The fourth-order valence-corrected chi connectivity index (χ4v) is 4.28. The monoisotopic (exact) mass is 462 g/mol. The number of rotatable bonds is 6. The molecule has 9 heteroatoms. The van der Waals surface area contributed by atoms with Gasteiger partial charge in [-0.15, -0.1) is 0 Å². The van der Waals surface area contributed by atoms with Gasteiger partial charge in [0.1, 0.15) is 11.4 Å². The number of carbonyl (C=O) groups excluding carboxylic acids is 1. The Hall–Kier alpha value is -3.95. The number of amides is 1. The highest BCUT2D eigenvalue weighted by molar-refractivity contribution is 7.89. The van der Waals surface area contributed by atoms with Crippen molar-refractivity contribution in [2.24, 2.45) is 5.14 Å². The molecule has 0 aliphatic carbocycles. The Morgan fingerprint density at radius 3 is 2.42 bits per heavy atom. The van der Waals surface area contributed by atoms with Crippen LogP contribution in [0.15, 0.2) is 83.9 Å². The number of benzene rings is 3. The second-order valence-corrected chi connectivity index (χ2v) is 8.88.